The number of benzene rings is 1. The molecule has 23 heavy (non-hydrogen) atoms. The second-order valence-corrected chi connectivity index (χ2v) is 7.33. The maximum Gasteiger partial charge on any atom is 0.241 e. The topological polar surface area (TPSA) is 44.4 Å². The summed E-state index contributed by atoms with van der Waals surface area (Å²) in [7, 11) is 0. The van der Waals surface area contributed by atoms with Crippen LogP contribution in [0.15, 0.2) is 30.3 Å². The minimum absolute atomic E-state index is 0.0825. The van der Waals surface area contributed by atoms with Crippen LogP contribution in [0.4, 0.5) is 0 Å². The van der Waals surface area contributed by atoms with Gasteiger partial charge in [0.05, 0.1) is 0 Å². The molecule has 4 rings (SSSR count). The first-order valence-electron chi connectivity index (χ1n) is 9.19. The van der Waals surface area contributed by atoms with Gasteiger partial charge in [0.1, 0.15) is 6.04 Å². The van der Waals surface area contributed by atoms with Crippen LogP contribution in [0.3, 0.4) is 0 Å². The van der Waals surface area contributed by atoms with Crippen molar-refractivity contribution < 1.29 is 4.79 Å². The Morgan fingerprint density at radius 2 is 1.78 bits per heavy atom. The fourth-order valence-corrected chi connectivity index (χ4v) is 4.72. The molecule has 1 aliphatic carbocycles. The van der Waals surface area contributed by atoms with E-state index in [1.54, 1.807) is 0 Å². The molecule has 4 unspecified atom stereocenters. The van der Waals surface area contributed by atoms with E-state index in [2.05, 4.69) is 40.0 Å². The number of hydrazine groups is 1. The third-order valence-electron chi connectivity index (χ3n) is 5.93. The first-order valence-corrected chi connectivity index (χ1v) is 9.19. The van der Waals surface area contributed by atoms with Crippen molar-refractivity contribution in [3.05, 3.63) is 35.9 Å². The van der Waals surface area contributed by atoms with Crippen molar-refractivity contribution in [2.75, 3.05) is 6.54 Å². The maximum absolute atomic E-state index is 13.1. The zero-order valence-electron chi connectivity index (χ0n) is 13.7. The molecular weight excluding hydrogens is 286 g/mol. The first kappa shape index (κ1) is 15.2. The molecule has 2 saturated heterocycles. The predicted octanol–water partition coefficient (Wildman–Crippen LogP) is 2.78. The van der Waals surface area contributed by atoms with Crippen LogP contribution in [-0.2, 0) is 4.79 Å². The van der Waals surface area contributed by atoms with E-state index in [1.807, 2.05) is 6.07 Å². The highest BCUT2D eigenvalue weighted by atomic mass is 16.2. The van der Waals surface area contributed by atoms with Gasteiger partial charge in [-0.3, -0.25) is 4.79 Å². The SMILES string of the molecule is O=C(C1CC(c2ccccc2)NN1)N1CCCC2CCCCC21. The minimum Gasteiger partial charge on any atom is -0.338 e. The lowest BCUT2D eigenvalue weighted by Gasteiger charge is -2.45. The summed E-state index contributed by atoms with van der Waals surface area (Å²) < 4.78 is 0. The van der Waals surface area contributed by atoms with Crippen molar-refractivity contribution in [3.8, 4) is 0 Å². The molecule has 4 nitrogen and oxygen atoms in total. The van der Waals surface area contributed by atoms with Gasteiger partial charge in [-0.05, 0) is 43.6 Å². The molecule has 4 heteroatoms. The maximum atomic E-state index is 13.1. The van der Waals surface area contributed by atoms with Crippen molar-refractivity contribution in [1.82, 2.24) is 15.8 Å². The number of fused-ring (bicyclic) bond motifs is 1. The van der Waals surface area contributed by atoms with Gasteiger partial charge in [0, 0.05) is 18.6 Å². The molecule has 0 spiro atoms. The molecule has 1 aromatic carbocycles. The molecule has 124 valence electrons. The second kappa shape index (κ2) is 6.62. The van der Waals surface area contributed by atoms with Crippen LogP contribution in [0.1, 0.15) is 56.6 Å². The number of piperidine rings is 1. The lowest BCUT2D eigenvalue weighted by atomic mass is 9.78. The van der Waals surface area contributed by atoms with Gasteiger partial charge in [-0.15, -0.1) is 0 Å². The number of nitrogens with one attached hydrogen (secondary N) is 2. The summed E-state index contributed by atoms with van der Waals surface area (Å²) in [5.74, 6) is 1.06. The van der Waals surface area contributed by atoms with Gasteiger partial charge in [0.25, 0.3) is 0 Å². The minimum atomic E-state index is -0.0825. The van der Waals surface area contributed by atoms with Crippen LogP contribution in [0, 0.1) is 5.92 Å². The molecule has 4 atom stereocenters. The Labute approximate surface area is 138 Å². The fourth-order valence-electron chi connectivity index (χ4n) is 4.72. The number of carbonyl (C=O) groups is 1. The monoisotopic (exact) mass is 313 g/mol. The van der Waals surface area contributed by atoms with Crippen LogP contribution in [0.2, 0.25) is 0 Å². The summed E-state index contributed by atoms with van der Waals surface area (Å²) in [5.41, 5.74) is 7.83. The van der Waals surface area contributed by atoms with Crippen LogP contribution in [0.5, 0.6) is 0 Å². The average Bonchev–Trinajstić information content (AvgIpc) is 3.11. The Hall–Kier alpha value is -1.39. The molecule has 2 heterocycles. The zero-order valence-corrected chi connectivity index (χ0v) is 13.7. The largest absolute Gasteiger partial charge is 0.338 e. The number of rotatable bonds is 2. The number of hydrogen-bond donors (Lipinski definition) is 2. The van der Waals surface area contributed by atoms with Crippen molar-refractivity contribution >= 4 is 5.91 Å². The van der Waals surface area contributed by atoms with E-state index in [9.17, 15) is 4.79 Å². The molecule has 1 amide bonds. The highest BCUT2D eigenvalue weighted by Gasteiger charge is 2.40. The lowest BCUT2D eigenvalue weighted by Crippen LogP contribution is -2.55. The Bertz CT molecular complexity index is 545. The van der Waals surface area contributed by atoms with Crippen molar-refractivity contribution in [1.29, 1.82) is 0 Å². The van der Waals surface area contributed by atoms with E-state index < -0.39 is 0 Å². The highest BCUT2D eigenvalue weighted by molar-refractivity contribution is 5.82. The third-order valence-corrected chi connectivity index (χ3v) is 5.93. The summed E-state index contributed by atoms with van der Waals surface area (Å²) in [6, 6.07) is 11.1. The number of likely N-dealkylation sites (tertiary alicyclic amines) is 1. The molecular formula is C19H27N3O. The number of amides is 1. The van der Waals surface area contributed by atoms with Crippen LogP contribution in [-0.4, -0.2) is 29.4 Å². The van der Waals surface area contributed by atoms with E-state index >= 15 is 0 Å². The number of hydrogen-bond acceptors (Lipinski definition) is 3. The molecule has 2 N–H and O–H groups in total. The molecule has 3 aliphatic rings. The average molecular weight is 313 g/mol. The third kappa shape index (κ3) is 3.02. The highest BCUT2D eigenvalue weighted by Crippen LogP contribution is 2.36. The number of nitrogens with zero attached hydrogens (tertiary/aromatic N) is 1. The lowest BCUT2D eigenvalue weighted by molar-refractivity contribution is -0.139. The first-order chi connectivity index (χ1) is 11.3. The summed E-state index contributed by atoms with van der Waals surface area (Å²) >= 11 is 0. The van der Waals surface area contributed by atoms with Gasteiger partial charge in [0.15, 0.2) is 0 Å². The van der Waals surface area contributed by atoms with Gasteiger partial charge in [-0.2, -0.15) is 0 Å². The zero-order chi connectivity index (χ0) is 15.6. The summed E-state index contributed by atoms with van der Waals surface area (Å²) in [5, 5.41) is 0. The Morgan fingerprint density at radius 3 is 2.65 bits per heavy atom. The molecule has 3 fully saturated rings. The smallest absolute Gasteiger partial charge is 0.241 e. The second-order valence-electron chi connectivity index (χ2n) is 7.33. The molecule has 2 aliphatic heterocycles. The standard InChI is InChI=1S/C19H27N3O/c23-19(22-12-6-10-15-9-4-5-11-18(15)22)17-13-16(20-21-17)14-7-2-1-3-8-14/h1-3,7-8,15-18,20-21H,4-6,9-13H2. The van der Waals surface area contributed by atoms with Gasteiger partial charge in [0.2, 0.25) is 5.91 Å². The quantitative estimate of drug-likeness (QED) is 0.882. The predicted molar refractivity (Wildman–Crippen MR) is 90.6 cm³/mol. The molecule has 1 aromatic rings. The Morgan fingerprint density at radius 1 is 1.00 bits per heavy atom. The molecule has 0 aromatic heterocycles. The summed E-state index contributed by atoms with van der Waals surface area (Å²) in [6.07, 6.45) is 8.50. The normalized spacial score (nSPS) is 34.2. The Kier molecular flexibility index (Phi) is 4.36. The number of carbonyl (C=O) groups excluding carboxylic acids is 1. The van der Waals surface area contributed by atoms with Crippen molar-refractivity contribution in [3.63, 3.8) is 0 Å². The van der Waals surface area contributed by atoms with E-state index in [0.29, 0.717) is 11.9 Å². The van der Waals surface area contributed by atoms with E-state index in [0.717, 1.165) is 18.9 Å². The van der Waals surface area contributed by atoms with Crippen LogP contribution >= 0.6 is 0 Å². The summed E-state index contributed by atoms with van der Waals surface area (Å²) in [4.78, 5) is 15.3. The van der Waals surface area contributed by atoms with E-state index in [-0.39, 0.29) is 12.1 Å². The Balaban J connectivity index is 1.43. The van der Waals surface area contributed by atoms with Gasteiger partial charge in [-0.25, -0.2) is 10.9 Å². The molecule has 0 bridgehead atoms. The van der Waals surface area contributed by atoms with Crippen LogP contribution < -0.4 is 10.9 Å². The summed E-state index contributed by atoms with van der Waals surface area (Å²) in [6.45, 7) is 0.953. The fraction of sp³-hybridized carbons (Fsp3) is 0.632. The van der Waals surface area contributed by atoms with Gasteiger partial charge < -0.3 is 4.90 Å². The molecule has 0 radical (unpaired) electrons. The van der Waals surface area contributed by atoms with Crippen LogP contribution in [0.25, 0.3) is 0 Å². The van der Waals surface area contributed by atoms with Crippen molar-refractivity contribution in [2.45, 2.75) is 63.1 Å². The van der Waals surface area contributed by atoms with Gasteiger partial charge in [-0.1, -0.05) is 43.2 Å². The van der Waals surface area contributed by atoms with Crippen molar-refractivity contribution in [2.24, 2.45) is 5.92 Å². The van der Waals surface area contributed by atoms with Gasteiger partial charge >= 0.3 is 0 Å². The molecule has 1 saturated carbocycles. The van der Waals surface area contributed by atoms with E-state index in [4.69, 9.17) is 0 Å². The van der Waals surface area contributed by atoms with E-state index in [1.165, 1.54) is 44.1 Å².